The van der Waals surface area contributed by atoms with Crippen LogP contribution in [0.25, 0.3) is 11.3 Å². The van der Waals surface area contributed by atoms with Gasteiger partial charge in [-0.25, -0.2) is 22.5 Å². The molecule has 2 aromatic heterocycles. The largest absolute Gasteiger partial charge is 0.490 e. The smallest absolute Gasteiger partial charge is 0.400 e. The van der Waals surface area contributed by atoms with Gasteiger partial charge in [0.25, 0.3) is 12.9 Å². The molecule has 0 aromatic carbocycles. The van der Waals surface area contributed by atoms with E-state index in [2.05, 4.69) is 9.97 Å². The van der Waals surface area contributed by atoms with Gasteiger partial charge in [-0.3, -0.25) is 4.98 Å². The molecule has 2 aromatic rings. The van der Waals surface area contributed by atoms with Crippen molar-refractivity contribution in [3.8, 4) is 17.0 Å². The molecule has 0 fully saturated rings. The quantitative estimate of drug-likeness (QED) is 0.442. The Balaban J connectivity index is 2.26. The Hall–Kier alpha value is -2.64. The second-order valence-electron chi connectivity index (χ2n) is 7.43. The molecule has 0 aliphatic heterocycles. The molecule has 2 heterocycles. The van der Waals surface area contributed by atoms with Gasteiger partial charge in [0.1, 0.15) is 23.7 Å². The van der Waals surface area contributed by atoms with Crippen LogP contribution < -0.4 is 10.5 Å². The molecule has 0 aliphatic rings. The van der Waals surface area contributed by atoms with Crippen LogP contribution in [0.3, 0.4) is 0 Å². The molecule has 4 nitrogen and oxygen atoms in total. The predicted molar refractivity (Wildman–Crippen MR) is 95.7 cm³/mol. The second-order valence-corrected chi connectivity index (χ2v) is 7.43. The Labute approximate surface area is 180 Å². The number of halogens is 10. The Morgan fingerprint density at radius 3 is 2.06 bits per heavy atom. The normalized spacial score (nSPS) is 14.8. The third kappa shape index (κ3) is 7.17. The lowest BCUT2D eigenvalue weighted by molar-refractivity contribution is -0.289. The number of aromatic nitrogens is 2. The maximum Gasteiger partial charge on any atom is 0.400 e. The van der Waals surface area contributed by atoms with E-state index in [0.717, 1.165) is 31.3 Å². The third-order valence-electron chi connectivity index (χ3n) is 4.41. The second kappa shape index (κ2) is 9.69. The fourth-order valence-corrected chi connectivity index (χ4v) is 2.81. The van der Waals surface area contributed by atoms with Crippen LogP contribution in [0.15, 0.2) is 30.5 Å². The highest BCUT2D eigenvalue weighted by molar-refractivity contribution is 5.60. The van der Waals surface area contributed by atoms with Gasteiger partial charge in [-0.2, -0.15) is 26.3 Å². The molecule has 0 radical (unpaired) electrons. The average Bonchev–Trinajstić information content (AvgIpc) is 2.69. The van der Waals surface area contributed by atoms with E-state index in [0.29, 0.717) is 0 Å². The molecule has 2 rings (SSSR count). The number of nitrogens with two attached hydrogens (primary N) is 1. The highest BCUT2D eigenvalue weighted by atomic mass is 19.4. The molecule has 0 amide bonds. The summed E-state index contributed by atoms with van der Waals surface area (Å²) in [4.78, 5) is 7.06. The summed E-state index contributed by atoms with van der Waals surface area (Å²) in [5.74, 6) is -4.38. The zero-order chi connectivity index (χ0) is 25.2. The SMILES string of the molecule is CC(N)(COc1ccc(-c2ccnc(C(F)F)c2)nc1C(F)F)CC(C(F)(F)F)C(F)(F)F. The molecule has 0 saturated carbocycles. The predicted octanol–water partition coefficient (Wildman–Crippen LogP) is 6.25. The van der Waals surface area contributed by atoms with E-state index < -0.39 is 66.8 Å². The highest BCUT2D eigenvalue weighted by Crippen LogP contribution is 2.43. The van der Waals surface area contributed by atoms with Gasteiger partial charge in [0.05, 0.1) is 5.69 Å². The van der Waals surface area contributed by atoms with Crippen molar-refractivity contribution in [3.05, 3.63) is 41.9 Å². The van der Waals surface area contributed by atoms with Crippen LogP contribution in [0.1, 0.15) is 37.6 Å². The Kier molecular flexibility index (Phi) is 7.82. The zero-order valence-corrected chi connectivity index (χ0v) is 16.7. The molecule has 1 atom stereocenters. The molecule has 0 aliphatic carbocycles. The first-order valence-corrected chi connectivity index (χ1v) is 9.10. The summed E-state index contributed by atoms with van der Waals surface area (Å²) < 4.78 is 134. The minimum absolute atomic E-state index is 0.0237. The van der Waals surface area contributed by atoms with Gasteiger partial charge in [0.2, 0.25) is 0 Å². The monoisotopic (exact) mass is 493 g/mol. The van der Waals surface area contributed by atoms with Crippen LogP contribution in [0.4, 0.5) is 43.9 Å². The lowest BCUT2D eigenvalue weighted by Gasteiger charge is -2.32. The van der Waals surface area contributed by atoms with Crippen LogP contribution in [0.5, 0.6) is 5.75 Å². The van der Waals surface area contributed by atoms with Crippen molar-refractivity contribution in [2.24, 2.45) is 11.7 Å². The zero-order valence-electron chi connectivity index (χ0n) is 16.7. The molecule has 1 unspecified atom stereocenters. The van der Waals surface area contributed by atoms with Crippen LogP contribution in [-0.2, 0) is 0 Å². The van der Waals surface area contributed by atoms with E-state index in [4.69, 9.17) is 10.5 Å². The number of pyridine rings is 2. The number of nitrogens with zero attached hydrogens (tertiary/aromatic N) is 2. The van der Waals surface area contributed by atoms with E-state index in [9.17, 15) is 43.9 Å². The van der Waals surface area contributed by atoms with Gasteiger partial charge < -0.3 is 10.5 Å². The number of alkyl halides is 10. The fraction of sp³-hybridized carbons (Fsp3) is 0.474. The third-order valence-corrected chi connectivity index (χ3v) is 4.41. The number of hydrogen-bond acceptors (Lipinski definition) is 4. The van der Waals surface area contributed by atoms with Crippen molar-refractivity contribution in [2.45, 2.75) is 44.1 Å². The minimum Gasteiger partial charge on any atom is -0.490 e. The number of rotatable bonds is 8. The molecule has 33 heavy (non-hydrogen) atoms. The van der Waals surface area contributed by atoms with Crippen LogP contribution in [-0.4, -0.2) is 34.5 Å². The van der Waals surface area contributed by atoms with E-state index in [-0.39, 0.29) is 11.3 Å². The van der Waals surface area contributed by atoms with Crippen LogP contribution in [0, 0.1) is 5.92 Å². The van der Waals surface area contributed by atoms with E-state index in [1.54, 1.807) is 0 Å². The van der Waals surface area contributed by atoms with Crippen molar-refractivity contribution in [1.82, 2.24) is 9.97 Å². The molecular weight excluding hydrogens is 476 g/mol. The van der Waals surface area contributed by atoms with Crippen LogP contribution >= 0.6 is 0 Å². The van der Waals surface area contributed by atoms with Gasteiger partial charge in [0.15, 0.2) is 5.92 Å². The fourth-order valence-electron chi connectivity index (χ4n) is 2.81. The summed E-state index contributed by atoms with van der Waals surface area (Å²) in [7, 11) is 0. The summed E-state index contributed by atoms with van der Waals surface area (Å²) in [5.41, 5.74) is 1.57. The highest BCUT2D eigenvalue weighted by Gasteiger charge is 2.58. The number of hydrogen-bond donors (Lipinski definition) is 1. The molecule has 0 bridgehead atoms. The first-order chi connectivity index (χ1) is 15.0. The number of ether oxygens (including phenoxy) is 1. The molecular formula is C19H17F10N3O. The topological polar surface area (TPSA) is 61.0 Å². The standard InChI is InChI=1S/C19H17F10N3O/c1-17(30,7-13(18(24,25)26)19(27,28)29)8-33-12-3-2-10(32-14(12)16(22)23)9-4-5-31-11(6-9)15(20)21/h2-6,13,15-16H,7-8,30H2,1H3. The Bertz CT molecular complexity index is 930. The summed E-state index contributed by atoms with van der Waals surface area (Å²) in [5, 5.41) is 0. The Morgan fingerprint density at radius 2 is 1.55 bits per heavy atom. The first kappa shape index (κ1) is 26.6. The first-order valence-electron chi connectivity index (χ1n) is 9.10. The van der Waals surface area contributed by atoms with Gasteiger partial charge in [-0.05, 0) is 37.6 Å². The van der Waals surface area contributed by atoms with Gasteiger partial charge >= 0.3 is 12.4 Å². The van der Waals surface area contributed by atoms with E-state index in [1.807, 2.05) is 0 Å². The van der Waals surface area contributed by atoms with Gasteiger partial charge in [-0.1, -0.05) is 0 Å². The van der Waals surface area contributed by atoms with Crippen molar-refractivity contribution < 1.29 is 48.6 Å². The van der Waals surface area contributed by atoms with E-state index in [1.165, 1.54) is 6.07 Å². The van der Waals surface area contributed by atoms with Crippen molar-refractivity contribution in [3.63, 3.8) is 0 Å². The lowest BCUT2D eigenvalue weighted by atomic mass is 9.89. The molecule has 0 spiro atoms. The van der Waals surface area contributed by atoms with Gasteiger partial charge in [-0.15, -0.1) is 0 Å². The molecule has 184 valence electrons. The summed E-state index contributed by atoms with van der Waals surface area (Å²) in [6.45, 7) is -0.120. The minimum atomic E-state index is -5.63. The summed E-state index contributed by atoms with van der Waals surface area (Å²) in [6, 6.07) is 4.20. The van der Waals surface area contributed by atoms with Crippen molar-refractivity contribution in [2.75, 3.05) is 6.61 Å². The van der Waals surface area contributed by atoms with Crippen molar-refractivity contribution in [1.29, 1.82) is 0 Å². The lowest BCUT2D eigenvalue weighted by Crippen LogP contribution is -2.50. The van der Waals surface area contributed by atoms with Crippen LogP contribution in [0.2, 0.25) is 0 Å². The molecule has 0 saturated heterocycles. The van der Waals surface area contributed by atoms with E-state index >= 15 is 0 Å². The van der Waals surface area contributed by atoms with Crippen molar-refractivity contribution >= 4 is 0 Å². The molecule has 2 N–H and O–H groups in total. The summed E-state index contributed by atoms with van der Waals surface area (Å²) >= 11 is 0. The maximum absolute atomic E-state index is 13.5. The summed E-state index contributed by atoms with van der Waals surface area (Å²) in [6.07, 6.45) is -18.0. The average molecular weight is 493 g/mol. The molecule has 14 heteroatoms. The van der Waals surface area contributed by atoms with Gasteiger partial charge in [0, 0.05) is 17.3 Å². The Morgan fingerprint density at radius 1 is 0.939 bits per heavy atom. The maximum atomic E-state index is 13.5.